The summed E-state index contributed by atoms with van der Waals surface area (Å²) in [6.07, 6.45) is -37.6. The number of hydrogen-bond donors (Lipinski definition) is 15. The smallest absolute Gasteiger partial charge is 0.397 e. The Balaban J connectivity index is 1.77. The first-order valence-corrected chi connectivity index (χ1v) is 19.6. The Bertz CT molecular complexity index is 1580. The van der Waals surface area contributed by atoms with Gasteiger partial charge in [-0.15, -0.1) is 0 Å². The van der Waals surface area contributed by atoms with Gasteiger partial charge in [0.05, 0.1) is 38.1 Å². The van der Waals surface area contributed by atoms with E-state index in [0.29, 0.717) is 0 Å². The summed E-state index contributed by atoms with van der Waals surface area (Å²) < 4.78 is 76.5. The van der Waals surface area contributed by atoms with Crippen LogP contribution in [-0.2, 0) is 62.1 Å². The van der Waals surface area contributed by atoms with Gasteiger partial charge >= 0.3 is 16.4 Å². The first kappa shape index (κ1) is 50.2. The van der Waals surface area contributed by atoms with E-state index in [4.69, 9.17) is 33.2 Å². The fraction of sp³-hybridized carbons (Fsp3) is 0.903. The maximum atomic E-state index is 12.9. The van der Waals surface area contributed by atoms with Crippen LogP contribution in [0.1, 0.15) is 27.2 Å². The fourth-order valence-corrected chi connectivity index (χ4v) is 7.44. The second kappa shape index (κ2) is 20.4. The lowest BCUT2D eigenvalue weighted by molar-refractivity contribution is -0.389. The quantitative estimate of drug-likeness (QED) is 0.0640. The maximum Gasteiger partial charge on any atom is 0.397 e. The lowest BCUT2D eigenvalue weighted by atomic mass is 9.88. The lowest BCUT2D eigenvalue weighted by Gasteiger charge is -2.51. The molecule has 60 heavy (non-hydrogen) atoms. The molecule has 0 aromatic carbocycles. The van der Waals surface area contributed by atoms with Crippen molar-refractivity contribution in [2.75, 3.05) is 19.8 Å². The second-order valence-electron chi connectivity index (χ2n) is 14.6. The third-order valence-electron chi connectivity index (χ3n) is 10.1. The minimum absolute atomic E-state index is 0.821. The number of carbonyl (C=O) groups excluding carboxylic acids is 2. The van der Waals surface area contributed by atoms with Gasteiger partial charge in [-0.3, -0.25) is 14.1 Å². The molecular formula is C31H52N2O26S. The van der Waals surface area contributed by atoms with Crippen LogP contribution in [0.25, 0.3) is 0 Å². The number of carboxylic acids is 1. The van der Waals surface area contributed by atoms with Crippen molar-refractivity contribution in [3.63, 3.8) is 0 Å². The number of nitrogens with one attached hydrogen (secondary N) is 2. The molecule has 0 aliphatic carbocycles. The summed E-state index contributed by atoms with van der Waals surface area (Å²) in [5.41, 5.74) is 0. The van der Waals surface area contributed by atoms with Crippen molar-refractivity contribution in [3.8, 4) is 0 Å². The maximum absolute atomic E-state index is 12.9. The zero-order valence-electron chi connectivity index (χ0n) is 31.9. The normalized spacial score (nSPS) is 43.7. The van der Waals surface area contributed by atoms with Crippen molar-refractivity contribution in [2.24, 2.45) is 0 Å². The van der Waals surface area contributed by atoms with Gasteiger partial charge in [-0.2, -0.15) is 8.42 Å². The molecule has 0 aromatic heterocycles. The highest BCUT2D eigenvalue weighted by Gasteiger charge is 2.61. The van der Waals surface area contributed by atoms with E-state index in [9.17, 15) is 88.6 Å². The van der Waals surface area contributed by atoms with Crippen molar-refractivity contribution >= 4 is 28.2 Å². The fourth-order valence-electron chi connectivity index (χ4n) is 7.13. The highest BCUT2D eigenvalue weighted by Crippen LogP contribution is 2.39. The van der Waals surface area contributed by atoms with E-state index >= 15 is 0 Å². The zero-order chi connectivity index (χ0) is 45.2. The first-order valence-electron chi connectivity index (χ1n) is 18.2. The van der Waals surface area contributed by atoms with Crippen molar-refractivity contribution in [1.82, 2.24) is 10.6 Å². The minimum Gasteiger partial charge on any atom is -0.477 e. The van der Waals surface area contributed by atoms with Gasteiger partial charge in [0.25, 0.3) is 5.79 Å². The number of aliphatic hydroxyl groups excluding tert-OH is 11. The Kier molecular flexibility index (Phi) is 17.1. The van der Waals surface area contributed by atoms with Crippen LogP contribution in [0.3, 0.4) is 0 Å². The van der Waals surface area contributed by atoms with Gasteiger partial charge in [-0.05, 0) is 6.92 Å². The summed E-state index contributed by atoms with van der Waals surface area (Å²) in [4.78, 5) is 37.2. The van der Waals surface area contributed by atoms with Crippen LogP contribution in [0.5, 0.6) is 0 Å². The standard InChI is InChI=1S/C31H52N2O26S/c1-8-17(40)20(43)21(44)28(53-8)57-25-16(33-10(3)37)27(46)54-14(7-52-60(49,50)51)23(25)56-29-22(45)26(19(42)13(6-35)55-29)59-31(30(47)48)4-11(38)15(32-9(2)36)24(58-31)18(41)12(39)5-34/h8,11-29,34-35,38-46H,4-7H2,1-3H3,(H,32,36)(H,33,37)(H,47,48)(H,49,50,51)/t8?,11?,12-,13?,14?,15?,16?,17?,18-,19?,20?,21?,22?,23?,24?,25?,26?,27?,28?,29?,31?/m0/s1. The Morgan fingerprint density at radius 1 is 0.783 bits per heavy atom. The van der Waals surface area contributed by atoms with Crippen LogP contribution in [0.15, 0.2) is 0 Å². The molecule has 4 aliphatic heterocycles. The van der Waals surface area contributed by atoms with Crippen molar-refractivity contribution in [1.29, 1.82) is 0 Å². The second-order valence-corrected chi connectivity index (χ2v) is 15.6. The van der Waals surface area contributed by atoms with Gasteiger partial charge in [-0.1, -0.05) is 0 Å². The number of aliphatic hydroxyl groups is 11. The van der Waals surface area contributed by atoms with Gasteiger partial charge in [-0.25, -0.2) is 8.98 Å². The van der Waals surface area contributed by atoms with Gasteiger partial charge in [0.2, 0.25) is 11.8 Å². The Labute approximate surface area is 340 Å². The van der Waals surface area contributed by atoms with Gasteiger partial charge in [0.1, 0.15) is 85.4 Å². The summed E-state index contributed by atoms with van der Waals surface area (Å²) in [7, 11) is -5.29. The predicted octanol–water partition coefficient (Wildman–Crippen LogP) is -9.40. The SMILES string of the molecule is CC(=O)NC1C(O)OC(COS(=O)(=O)O)C(OC2OC(CO)C(O)C(OC3(C(=O)O)CC(O)C(NC(C)=O)C([C@@H](O)[C@@H](O)CO)O3)C2O)C1OC1OC(C)C(O)C(O)C1O. The predicted molar refractivity (Wildman–Crippen MR) is 183 cm³/mol. The topological polar surface area (TPSA) is 446 Å². The largest absolute Gasteiger partial charge is 0.477 e. The van der Waals surface area contributed by atoms with Gasteiger partial charge < -0.3 is 105 Å². The molecule has 2 amide bonds. The van der Waals surface area contributed by atoms with Crippen LogP contribution in [0.2, 0.25) is 0 Å². The number of rotatable bonds is 16. The lowest BCUT2D eigenvalue weighted by Crippen LogP contribution is -2.71. The van der Waals surface area contributed by atoms with Crippen LogP contribution in [0.4, 0.5) is 0 Å². The van der Waals surface area contributed by atoms with E-state index < -0.39 is 183 Å². The van der Waals surface area contributed by atoms with E-state index in [1.807, 2.05) is 0 Å². The highest BCUT2D eigenvalue weighted by molar-refractivity contribution is 7.80. The molecule has 4 heterocycles. The zero-order valence-corrected chi connectivity index (χ0v) is 32.7. The molecule has 28 nitrogen and oxygen atoms in total. The third-order valence-corrected chi connectivity index (χ3v) is 10.6. The molecule has 4 saturated heterocycles. The third kappa shape index (κ3) is 11.4. The van der Waals surface area contributed by atoms with E-state index in [1.165, 1.54) is 6.92 Å². The monoisotopic (exact) mass is 900 g/mol. The van der Waals surface area contributed by atoms with Crippen molar-refractivity contribution < 1.29 is 126 Å². The van der Waals surface area contributed by atoms with E-state index in [2.05, 4.69) is 14.8 Å². The molecule has 4 fully saturated rings. The molecule has 0 bridgehead atoms. The van der Waals surface area contributed by atoms with Crippen molar-refractivity contribution in [3.05, 3.63) is 0 Å². The molecule has 0 aromatic rings. The molecule has 0 radical (unpaired) electrons. The van der Waals surface area contributed by atoms with Crippen LogP contribution in [0, 0.1) is 0 Å². The summed E-state index contributed by atoms with van der Waals surface area (Å²) >= 11 is 0. The molecule has 29 heteroatoms. The molecule has 19 unspecified atom stereocenters. The number of carbonyl (C=O) groups is 3. The number of carboxylic acid groups (broad SMARTS) is 1. The average Bonchev–Trinajstić information content (AvgIpc) is 3.16. The molecule has 348 valence electrons. The van der Waals surface area contributed by atoms with Crippen LogP contribution < -0.4 is 10.6 Å². The van der Waals surface area contributed by atoms with E-state index in [1.54, 1.807) is 0 Å². The number of amides is 2. The van der Waals surface area contributed by atoms with Gasteiger partial charge in [0, 0.05) is 20.3 Å². The molecule has 0 spiro atoms. The summed E-state index contributed by atoms with van der Waals surface area (Å²) in [6.45, 7) is -0.295. The summed E-state index contributed by atoms with van der Waals surface area (Å²) in [5.74, 6) is -6.98. The highest BCUT2D eigenvalue weighted by atomic mass is 32.3. The molecule has 4 aliphatic rings. The number of aliphatic carboxylic acids is 1. The molecule has 21 atom stereocenters. The average molecular weight is 901 g/mol. The molecular weight excluding hydrogens is 848 g/mol. The van der Waals surface area contributed by atoms with Crippen LogP contribution >= 0.6 is 0 Å². The minimum atomic E-state index is -5.29. The van der Waals surface area contributed by atoms with Crippen molar-refractivity contribution in [2.45, 2.75) is 155 Å². The van der Waals surface area contributed by atoms with Gasteiger partial charge in [0.15, 0.2) is 18.9 Å². The molecule has 4 rings (SSSR count). The number of ether oxygens (including phenoxy) is 7. The first-order chi connectivity index (χ1) is 27.9. The molecule has 0 saturated carbocycles. The number of hydrogen-bond acceptors (Lipinski definition) is 24. The van der Waals surface area contributed by atoms with E-state index in [-0.39, 0.29) is 0 Å². The Hall–Kier alpha value is -2.44. The summed E-state index contributed by atoms with van der Waals surface area (Å²) in [6, 6.07) is -3.45. The van der Waals surface area contributed by atoms with E-state index in [0.717, 1.165) is 13.8 Å². The van der Waals surface area contributed by atoms with Crippen LogP contribution in [-0.4, -0.2) is 240 Å². The Morgan fingerprint density at radius 3 is 1.92 bits per heavy atom. The molecule has 15 N–H and O–H groups in total. The Morgan fingerprint density at radius 2 is 1.37 bits per heavy atom. The summed E-state index contributed by atoms with van der Waals surface area (Å²) in [5, 5.41) is 132.